The molecule has 1 aliphatic rings. The highest BCUT2D eigenvalue weighted by Gasteiger charge is 2.39. The predicted molar refractivity (Wildman–Crippen MR) is 77.5 cm³/mol. The van der Waals surface area contributed by atoms with E-state index in [1.54, 1.807) is 0 Å². The lowest BCUT2D eigenvalue weighted by Crippen LogP contribution is -2.31. The lowest BCUT2D eigenvalue weighted by Gasteiger charge is -2.15. The number of aromatic carboxylic acids is 1. The summed E-state index contributed by atoms with van der Waals surface area (Å²) >= 11 is 1.31. The van der Waals surface area contributed by atoms with Crippen molar-refractivity contribution in [3.8, 4) is 5.75 Å². The van der Waals surface area contributed by atoms with Crippen molar-refractivity contribution in [1.82, 2.24) is 0 Å². The van der Waals surface area contributed by atoms with Crippen molar-refractivity contribution in [1.29, 1.82) is 0 Å². The number of phenols is 1. The third-order valence-electron chi connectivity index (χ3n) is 3.01. The van der Waals surface area contributed by atoms with Gasteiger partial charge in [-0.25, -0.2) is 9.69 Å². The van der Waals surface area contributed by atoms with Gasteiger partial charge in [-0.2, -0.15) is 0 Å². The van der Waals surface area contributed by atoms with Gasteiger partial charge in [-0.3, -0.25) is 9.59 Å². The molecule has 7 nitrogen and oxygen atoms in total. The molecule has 1 saturated heterocycles. The number of carbonyl (C=O) groups is 3. The number of nitrogens with two attached hydrogens (primary N) is 1. The molecule has 1 heterocycles. The number of carboxylic acids is 1. The molecule has 0 spiro atoms. The van der Waals surface area contributed by atoms with Gasteiger partial charge >= 0.3 is 5.97 Å². The highest BCUT2D eigenvalue weighted by Crippen LogP contribution is 2.31. The quantitative estimate of drug-likeness (QED) is 0.674. The van der Waals surface area contributed by atoms with E-state index in [9.17, 15) is 19.5 Å². The highest BCUT2D eigenvalue weighted by atomic mass is 32.2. The summed E-state index contributed by atoms with van der Waals surface area (Å²) in [5, 5.41) is 17.9. The largest absolute Gasteiger partial charge is 0.507 e. The fraction of sp³-hybridized carbons (Fsp3) is 0.308. The number of carbonyl (C=O) groups excluding carboxylic acids is 2. The Kier molecular flexibility index (Phi) is 4.49. The minimum absolute atomic E-state index is 0.0623. The van der Waals surface area contributed by atoms with Gasteiger partial charge in [0, 0.05) is 18.7 Å². The molecule has 112 valence electrons. The maximum Gasteiger partial charge on any atom is 0.339 e. The zero-order chi connectivity index (χ0) is 15.6. The molecule has 8 heteroatoms. The lowest BCUT2D eigenvalue weighted by molar-refractivity contribution is -0.121. The Morgan fingerprint density at radius 1 is 1.43 bits per heavy atom. The molecule has 1 fully saturated rings. The summed E-state index contributed by atoms with van der Waals surface area (Å²) in [6.07, 6.45) is 0.0623. The van der Waals surface area contributed by atoms with Gasteiger partial charge in [0.15, 0.2) is 0 Å². The van der Waals surface area contributed by atoms with E-state index in [-0.39, 0.29) is 23.6 Å². The van der Waals surface area contributed by atoms with Crippen molar-refractivity contribution >= 4 is 35.2 Å². The van der Waals surface area contributed by atoms with Gasteiger partial charge < -0.3 is 15.9 Å². The first-order valence-corrected chi connectivity index (χ1v) is 7.25. The van der Waals surface area contributed by atoms with E-state index < -0.39 is 22.9 Å². The Bertz CT molecular complexity index is 604. The van der Waals surface area contributed by atoms with Crippen LogP contribution in [0.2, 0.25) is 0 Å². The molecular formula is C13H14N2O5S. The van der Waals surface area contributed by atoms with Crippen molar-refractivity contribution in [2.45, 2.75) is 11.7 Å². The van der Waals surface area contributed by atoms with E-state index in [1.165, 1.54) is 17.8 Å². The number of nitrogens with zero attached hydrogens (tertiary/aromatic N) is 1. The Morgan fingerprint density at radius 2 is 2.14 bits per heavy atom. The Labute approximate surface area is 124 Å². The van der Waals surface area contributed by atoms with Gasteiger partial charge in [-0.1, -0.05) is 0 Å². The molecule has 2 amide bonds. The summed E-state index contributed by atoms with van der Waals surface area (Å²) in [7, 11) is 0. The molecule has 0 radical (unpaired) electrons. The van der Waals surface area contributed by atoms with Gasteiger partial charge in [-0.05, 0) is 18.2 Å². The van der Waals surface area contributed by atoms with Crippen LogP contribution in [0.5, 0.6) is 5.75 Å². The summed E-state index contributed by atoms with van der Waals surface area (Å²) in [5.74, 6) is -1.97. The average molecular weight is 310 g/mol. The van der Waals surface area contributed by atoms with Crippen LogP contribution in [0.15, 0.2) is 18.2 Å². The Morgan fingerprint density at radius 3 is 2.76 bits per heavy atom. The molecule has 1 aliphatic heterocycles. The van der Waals surface area contributed by atoms with Gasteiger partial charge in [0.05, 0.1) is 10.9 Å². The summed E-state index contributed by atoms with van der Waals surface area (Å²) in [5.41, 5.74) is 5.17. The summed E-state index contributed by atoms with van der Waals surface area (Å²) in [6.45, 7) is 0.408. The number of anilines is 1. The van der Waals surface area contributed by atoms with Crippen LogP contribution in [-0.2, 0) is 9.59 Å². The van der Waals surface area contributed by atoms with E-state index in [1.807, 2.05) is 0 Å². The molecule has 21 heavy (non-hydrogen) atoms. The number of aromatic hydroxyl groups is 1. The van der Waals surface area contributed by atoms with Crippen molar-refractivity contribution in [3.05, 3.63) is 23.8 Å². The number of rotatable bonds is 5. The van der Waals surface area contributed by atoms with Crippen molar-refractivity contribution in [2.75, 3.05) is 17.2 Å². The van der Waals surface area contributed by atoms with E-state index in [0.717, 1.165) is 17.0 Å². The number of benzene rings is 1. The van der Waals surface area contributed by atoms with E-state index in [0.29, 0.717) is 12.3 Å². The SMILES string of the molecule is NCCSC1CC(=O)N(c2ccc(O)c(C(=O)O)c2)C1=O. The molecule has 0 bridgehead atoms. The number of imide groups is 1. The second kappa shape index (κ2) is 6.15. The maximum absolute atomic E-state index is 12.2. The summed E-state index contributed by atoms with van der Waals surface area (Å²) < 4.78 is 0. The first-order chi connectivity index (χ1) is 9.95. The smallest absolute Gasteiger partial charge is 0.339 e. The molecular weight excluding hydrogens is 296 g/mol. The summed E-state index contributed by atoms with van der Waals surface area (Å²) in [4.78, 5) is 36.1. The van der Waals surface area contributed by atoms with Crippen LogP contribution in [0.25, 0.3) is 0 Å². The molecule has 0 aliphatic carbocycles. The molecule has 4 N–H and O–H groups in total. The maximum atomic E-state index is 12.2. The minimum atomic E-state index is -1.33. The number of carboxylic acid groups (broad SMARTS) is 1. The third-order valence-corrected chi connectivity index (χ3v) is 4.25. The zero-order valence-electron chi connectivity index (χ0n) is 11.0. The topological polar surface area (TPSA) is 121 Å². The number of thioether (sulfide) groups is 1. The van der Waals surface area contributed by atoms with Crippen LogP contribution in [0.4, 0.5) is 5.69 Å². The molecule has 2 rings (SSSR count). The van der Waals surface area contributed by atoms with E-state index in [2.05, 4.69) is 0 Å². The van der Waals surface area contributed by atoms with Gasteiger partial charge in [0.1, 0.15) is 11.3 Å². The predicted octanol–water partition coefficient (Wildman–Crippen LogP) is 0.414. The van der Waals surface area contributed by atoms with E-state index >= 15 is 0 Å². The fourth-order valence-corrected chi connectivity index (χ4v) is 2.98. The van der Waals surface area contributed by atoms with Crippen LogP contribution in [0, 0.1) is 0 Å². The number of hydrogen-bond donors (Lipinski definition) is 3. The average Bonchev–Trinajstić information content (AvgIpc) is 2.72. The van der Waals surface area contributed by atoms with Gasteiger partial charge in [0.2, 0.25) is 11.8 Å². The minimum Gasteiger partial charge on any atom is -0.507 e. The van der Waals surface area contributed by atoms with Crippen LogP contribution >= 0.6 is 11.8 Å². The van der Waals surface area contributed by atoms with E-state index in [4.69, 9.17) is 10.8 Å². The van der Waals surface area contributed by atoms with Crippen molar-refractivity contribution in [2.24, 2.45) is 5.73 Å². The number of amides is 2. The Balaban J connectivity index is 2.29. The molecule has 0 aromatic heterocycles. The zero-order valence-corrected chi connectivity index (χ0v) is 11.8. The monoisotopic (exact) mass is 310 g/mol. The Hall–Kier alpha value is -2.06. The molecule has 0 saturated carbocycles. The second-order valence-electron chi connectivity index (χ2n) is 4.43. The second-order valence-corrected chi connectivity index (χ2v) is 5.74. The van der Waals surface area contributed by atoms with Crippen molar-refractivity contribution < 1.29 is 24.6 Å². The lowest BCUT2D eigenvalue weighted by atomic mass is 10.1. The molecule has 1 atom stereocenters. The van der Waals surface area contributed by atoms with Crippen LogP contribution in [-0.4, -0.2) is 45.5 Å². The van der Waals surface area contributed by atoms with Crippen LogP contribution in [0.3, 0.4) is 0 Å². The molecule has 1 unspecified atom stereocenters. The normalized spacial score (nSPS) is 18.3. The van der Waals surface area contributed by atoms with Gasteiger partial charge in [0.25, 0.3) is 0 Å². The van der Waals surface area contributed by atoms with Crippen LogP contribution < -0.4 is 10.6 Å². The van der Waals surface area contributed by atoms with Gasteiger partial charge in [-0.15, -0.1) is 11.8 Å². The van der Waals surface area contributed by atoms with Crippen LogP contribution in [0.1, 0.15) is 16.8 Å². The first-order valence-electron chi connectivity index (χ1n) is 6.20. The third kappa shape index (κ3) is 3.01. The van der Waals surface area contributed by atoms with Crippen molar-refractivity contribution in [3.63, 3.8) is 0 Å². The highest BCUT2D eigenvalue weighted by molar-refractivity contribution is 8.00. The molecule has 1 aromatic carbocycles. The number of hydrogen-bond acceptors (Lipinski definition) is 6. The molecule has 1 aromatic rings. The summed E-state index contributed by atoms with van der Waals surface area (Å²) in [6, 6.07) is 3.61. The fourth-order valence-electron chi connectivity index (χ4n) is 2.05. The standard InChI is InChI=1S/C13H14N2O5S/c14-3-4-21-10-6-11(17)15(12(10)18)7-1-2-9(16)8(5-7)13(19)20/h1-2,5,10,16H,3-4,6,14H2,(H,19,20). The first kappa shape index (κ1) is 15.3.